The highest BCUT2D eigenvalue weighted by Gasteiger charge is 2.11. The van der Waals surface area contributed by atoms with Crippen LogP contribution in [0, 0.1) is 0 Å². The summed E-state index contributed by atoms with van der Waals surface area (Å²) < 4.78 is 2.23. The summed E-state index contributed by atoms with van der Waals surface area (Å²) in [5.74, 6) is 1.09. The van der Waals surface area contributed by atoms with Gasteiger partial charge in [0.05, 0.1) is 0 Å². The molecule has 18 heavy (non-hydrogen) atoms. The van der Waals surface area contributed by atoms with Gasteiger partial charge in [0.25, 0.3) is 0 Å². The van der Waals surface area contributed by atoms with Crippen LogP contribution in [0.15, 0.2) is 30.6 Å². The van der Waals surface area contributed by atoms with Crippen molar-refractivity contribution in [3.63, 3.8) is 0 Å². The van der Waals surface area contributed by atoms with E-state index in [1.54, 1.807) is 0 Å². The predicted octanol–water partition coefficient (Wildman–Crippen LogP) is 3.32. The van der Waals surface area contributed by atoms with Gasteiger partial charge in [0, 0.05) is 36.7 Å². The van der Waals surface area contributed by atoms with Gasteiger partial charge in [-0.15, -0.1) is 0 Å². The normalized spacial score (nSPS) is 14.1. The molecule has 0 unspecified atom stereocenters. The molecule has 0 spiro atoms. The molecule has 3 nitrogen and oxygen atoms in total. The molecule has 2 aromatic rings. The van der Waals surface area contributed by atoms with Crippen LogP contribution in [0.3, 0.4) is 0 Å². The van der Waals surface area contributed by atoms with E-state index in [4.69, 9.17) is 0 Å². The van der Waals surface area contributed by atoms with Gasteiger partial charge in [0.1, 0.15) is 5.82 Å². The van der Waals surface area contributed by atoms with Crippen LogP contribution >= 0.6 is 0 Å². The highest BCUT2D eigenvalue weighted by Crippen LogP contribution is 2.27. The van der Waals surface area contributed by atoms with Crippen LogP contribution in [0.5, 0.6) is 0 Å². The summed E-state index contributed by atoms with van der Waals surface area (Å²) in [6.07, 6.45) is 7.49. The van der Waals surface area contributed by atoms with Crippen LogP contribution < -0.4 is 5.32 Å². The first-order valence-electron chi connectivity index (χ1n) is 6.77. The van der Waals surface area contributed by atoms with E-state index in [0.29, 0.717) is 0 Å². The maximum Gasteiger partial charge on any atom is 0.139 e. The molecule has 1 aliphatic heterocycles. The number of aryl methyl sites for hydroxylation is 2. The fourth-order valence-electron chi connectivity index (χ4n) is 2.60. The summed E-state index contributed by atoms with van der Waals surface area (Å²) >= 11 is 0. The van der Waals surface area contributed by atoms with E-state index >= 15 is 0 Å². The standard InChI is InChI=1S/C15H19N3/c1-2-9-18-10-8-17-15(18)13-5-6-14-12(11-13)4-3-7-16-14/h5-6,8,10-11,16H,2-4,7,9H2,1H3. The second-order valence-electron chi connectivity index (χ2n) is 4.85. The first-order valence-corrected chi connectivity index (χ1v) is 6.77. The Morgan fingerprint density at radius 2 is 2.33 bits per heavy atom. The highest BCUT2D eigenvalue weighted by atomic mass is 15.1. The number of rotatable bonds is 3. The van der Waals surface area contributed by atoms with Crippen LogP contribution in [0.2, 0.25) is 0 Å². The Morgan fingerprint density at radius 3 is 3.22 bits per heavy atom. The molecule has 1 N–H and O–H groups in total. The lowest BCUT2D eigenvalue weighted by Crippen LogP contribution is -2.11. The molecule has 0 saturated heterocycles. The van der Waals surface area contributed by atoms with Gasteiger partial charge in [-0.3, -0.25) is 0 Å². The Hall–Kier alpha value is -1.77. The summed E-state index contributed by atoms with van der Waals surface area (Å²) in [7, 11) is 0. The zero-order valence-corrected chi connectivity index (χ0v) is 10.8. The van der Waals surface area contributed by atoms with Crippen LogP contribution in [0.25, 0.3) is 11.4 Å². The lowest BCUT2D eigenvalue weighted by atomic mass is 10.0. The molecule has 0 saturated carbocycles. The first-order chi connectivity index (χ1) is 8.88. The Balaban J connectivity index is 1.98. The fraction of sp³-hybridized carbons (Fsp3) is 0.400. The molecule has 1 aromatic heterocycles. The van der Waals surface area contributed by atoms with E-state index in [-0.39, 0.29) is 0 Å². The molecule has 94 valence electrons. The van der Waals surface area contributed by atoms with E-state index in [1.165, 1.54) is 29.7 Å². The summed E-state index contributed by atoms with van der Waals surface area (Å²) in [6.45, 7) is 4.32. The Morgan fingerprint density at radius 1 is 1.39 bits per heavy atom. The van der Waals surface area contributed by atoms with Gasteiger partial charge in [-0.2, -0.15) is 0 Å². The number of hydrogen-bond acceptors (Lipinski definition) is 2. The molecule has 2 heterocycles. The Kier molecular flexibility index (Phi) is 3.05. The number of anilines is 1. The fourth-order valence-corrected chi connectivity index (χ4v) is 2.60. The quantitative estimate of drug-likeness (QED) is 0.893. The second kappa shape index (κ2) is 4.84. The van der Waals surface area contributed by atoms with Gasteiger partial charge < -0.3 is 9.88 Å². The predicted molar refractivity (Wildman–Crippen MR) is 74.8 cm³/mol. The zero-order valence-electron chi connectivity index (χ0n) is 10.8. The van der Waals surface area contributed by atoms with Crippen molar-refractivity contribution in [3.05, 3.63) is 36.2 Å². The van der Waals surface area contributed by atoms with Gasteiger partial charge in [-0.25, -0.2) is 4.98 Å². The van der Waals surface area contributed by atoms with Crippen molar-refractivity contribution in [3.8, 4) is 11.4 Å². The van der Waals surface area contributed by atoms with E-state index in [1.807, 2.05) is 6.20 Å². The number of nitrogens with zero attached hydrogens (tertiary/aromatic N) is 2. The van der Waals surface area contributed by atoms with Crippen molar-refractivity contribution in [2.45, 2.75) is 32.7 Å². The summed E-state index contributed by atoms with van der Waals surface area (Å²) in [6, 6.07) is 6.65. The molecule has 0 amide bonds. The third-order valence-corrected chi connectivity index (χ3v) is 3.48. The van der Waals surface area contributed by atoms with Crippen molar-refractivity contribution in [1.29, 1.82) is 0 Å². The average molecular weight is 241 g/mol. The van der Waals surface area contributed by atoms with Gasteiger partial charge in [0.2, 0.25) is 0 Å². The van der Waals surface area contributed by atoms with Gasteiger partial charge in [-0.1, -0.05) is 6.92 Å². The minimum Gasteiger partial charge on any atom is -0.385 e. The van der Waals surface area contributed by atoms with E-state index < -0.39 is 0 Å². The number of nitrogens with one attached hydrogen (secondary N) is 1. The van der Waals surface area contributed by atoms with Crippen LogP contribution in [0.1, 0.15) is 25.3 Å². The summed E-state index contributed by atoms with van der Waals surface area (Å²) in [5, 5.41) is 3.45. The SMILES string of the molecule is CCCn1ccnc1-c1ccc2c(c1)CCCN2. The van der Waals surface area contributed by atoms with Gasteiger partial charge in [-0.05, 0) is 43.0 Å². The van der Waals surface area contributed by atoms with Crippen LogP contribution in [-0.2, 0) is 13.0 Å². The van der Waals surface area contributed by atoms with Crippen LogP contribution in [0.4, 0.5) is 5.69 Å². The third-order valence-electron chi connectivity index (χ3n) is 3.48. The molecule has 1 aliphatic rings. The summed E-state index contributed by atoms with van der Waals surface area (Å²) in [4.78, 5) is 4.50. The van der Waals surface area contributed by atoms with Crippen molar-refractivity contribution in [1.82, 2.24) is 9.55 Å². The molecule has 0 radical (unpaired) electrons. The molecule has 0 aliphatic carbocycles. The molecular formula is C15H19N3. The second-order valence-corrected chi connectivity index (χ2v) is 4.85. The van der Waals surface area contributed by atoms with E-state index in [2.05, 4.69) is 46.2 Å². The maximum absolute atomic E-state index is 4.50. The zero-order chi connectivity index (χ0) is 12.4. The van der Waals surface area contributed by atoms with E-state index in [9.17, 15) is 0 Å². The number of hydrogen-bond donors (Lipinski definition) is 1. The minimum atomic E-state index is 1.03. The molecule has 1 aromatic carbocycles. The van der Waals surface area contributed by atoms with Gasteiger partial charge >= 0.3 is 0 Å². The van der Waals surface area contributed by atoms with Crippen molar-refractivity contribution in [2.75, 3.05) is 11.9 Å². The average Bonchev–Trinajstić information content (AvgIpc) is 2.87. The number of aromatic nitrogens is 2. The van der Waals surface area contributed by atoms with Gasteiger partial charge in [0.15, 0.2) is 0 Å². The Labute approximate surface area is 108 Å². The lowest BCUT2D eigenvalue weighted by Gasteiger charge is -2.18. The third kappa shape index (κ3) is 2.01. The topological polar surface area (TPSA) is 29.9 Å². The number of benzene rings is 1. The van der Waals surface area contributed by atoms with Crippen molar-refractivity contribution < 1.29 is 0 Å². The Bertz CT molecular complexity index is 542. The largest absolute Gasteiger partial charge is 0.385 e. The number of fused-ring (bicyclic) bond motifs is 1. The lowest BCUT2D eigenvalue weighted by molar-refractivity contribution is 0.685. The number of imidazole rings is 1. The van der Waals surface area contributed by atoms with Crippen molar-refractivity contribution in [2.24, 2.45) is 0 Å². The first kappa shape index (κ1) is 11.3. The van der Waals surface area contributed by atoms with E-state index in [0.717, 1.165) is 25.3 Å². The highest BCUT2D eigenvalue weighted by molar-refractivity contribution is 5.65. The maximum atomic E-state index is 4.50. The molecular weight excluding hydrogens is 222 g/mol. The van der Waals surface area contributed by atoms with Crippen LogP contribution in [-0.4, -0.2) is 16.1 Å². The van der Waals surface area contributed by atoms with Crippen molar-refractivity contribution >= 4 is 5.69 Å². The molecule has 0 atom stereocenters. The molecule has 3 rings (SSSR count). The molecule has 0 bridgehead atoms. The minimum absolute atomic E-state index is 1.03. The molecule has 0 fully saturated rings. The molecule has 3 heteroatoms. The smallest absolute Gasteiger partial charge is 0.139 e. The summed E-state index contributed by atoms with van der Waals surface area (Å²) in [5.41, 5.74) is 3.94. The monoisotopic (exact) mass is 241 g/mol.